The van der Waals surface area contributed by atoms with Crippen molar-refractivity contribution in [1.29, 1.82) is 0 Å². The summed E-state index contributed by atoms with van der Waals surface area (Å²) in [5.41, 5.74) is 5.67. The van der Waals surface area contributed by atoms with Gasteiger partial charge in [-0.25, -0.2) is 0 Å². The molecule has 2 heterocycles. The number of aryl methyl sites for hydroxylation is 2. The molecule has 0 aliphatic carbocycles. The van der Waals surface area contributed by atoms with E-state index in [1.54, 1.807) is 0 Å². The summed E-state index contributed by atoms with van der Waals surface area (Å²) in [6.07, 6.45) is 0.533. The zero-order valence-electron chi connectivity index (χ0n) is 17.4. The first-order valence-electron chi connectivity index (χ1n) is 10.7. The quantitative estimate of drug-likeness (QED) is 0.698. The van der Waals surface area contributed by atoms with Crippen LogP contribution in [0.5, 0.6) is 0 Å². The van der Waals surface area contributed by atoms with Crippen molar-refractivity contribution in [2.24, 2.45) is 11.8 Å². The summed E-state index contributed by atoms with van der Waals surface area (Å²) < 4.78 is 0. The fourth-order valence-electron chi connectivity index (χ4n) is 4.88. The SMILES string of the molecule is Cc1ccc(-c2cccc3cc(C(=O)N4C[C@H]5CC(=O)NC[C@H]5C4)ccc23)cc1C. The van der Waals surface area contributed by atoms with Crippen molar-refractivity contribution >= 4 is 22.6 Å². The van der Waals surface area contributed by atoms with Gasteiger partial charge in [-0.3, -0.25) is 9.59 Å². The Morgan fingerprint density at radius 1 is 0.967 bits per heavy atom. The molecule has 0 unspecified atom stereocenters. The maximum atomic E-state index is 13.2. The number of benzene rings is 3. The molecule has 0 saturated carbocycles. The van der Waals surface area contributed by atoms with Gasteiger partial charge in [-0.2, -0.15) is 0 Å². The number of nitrogens with one attached hydrogen (secondary N) is 1. The van der Waals surface area contributed by atoms with Crippen molar-refractivity contribution in [3.8, 4) is 11.1 Å². The van der Waals surface area contributed by atoms with Crippen LogP contribution in [-0.4, -0.2) is 36.3 Å². The second kappa shape index (κ2) is 7.28. The van der Waals surface area contributed by atoms with Crippen molar-refractivity contribution in [1.82, 2.24) is 10.2 Å². The lowest BCUT2D eigenvalue weighted by Crippen LogP contribution is -2.40. The van der Waals surface area contributed by atoms with Crippen molar-refractivity contribution in [3.05, 3.63) is 71.3 Å². The fraction of sp³-hybridized carbons (Fsp3) is 0.308. The first-order chi connectivity index (χ1) is 14.5. The molecule has 0 radical (unpaired) electrons. The van der Waals surface area contributed by atoms with Crippen molar-refractivity contribution in [2.75, 3.05) is 19.6 Å². The van der Waals surface area contributed by atoms with Gasteiger partial charge in [-0.15, -0.1) is 0 Å². The van der Waals surface area contributed by atoms with E-state index in [-0.39, 0.29) is 11.8 Å². The highest BCUT2D eigenvalue weighted by molar-refractivity contribution is 6.03. The van der Waals surface area contributed by atoms with Crippen molar-refractivity contribution < 1.29 is 9.59 Å². The van der Waals surface area contributed by atoms with E-state index >= 15 is 0 Å². The van der Waals surface area contributed by atoms with Crippen LogP contribution in [0, 0.1) is 25.7 Å². The zero-order chi connectivity index (χ0) is 20.8. The summed E-state index contributed by atoms with van der Waals surface area (Å²) in [7, 11) is 0. The van der Waals surface area contributed by atoms with Crippen LogP contribution in [0.25, 0.3) is 21.9 Å². The fourth-order valence-corrected chi connectivity index (χ4v) is 4.88. The molecular formula is C26H26N2O2. The van der Waals surface area contributed by atoms with E-state index < -0.39 is 0 Å². The number of likely N-dealkylation sites (tertiary alicyclic amines) is 1. The third-order valence-electron chi connectivity index (χ3n) is 6.82. The van der Waals surface area contributed by atoms with Gasteiger partial charge in [0.05, 0.1) is 0 Å². The first-order valence-corrected chi connectivity index (χ1v) is 10.7. The number of carbonyl (C=O) groups is 2. The Bertz CT molecular complexity index is 1170. The maximum Gasteiger partial charge on any atom is 0.253 e. The normalized spacial score (nSPS) is 20.9. The molecule has 5 rings (SSSR count). The summed E-state index contributed by atoms with van der Waals surface area (Å²) in [4.78, 5) is 26.8. The molecule has 152 valence electrons. The molecule has 0 bridgehead atoms. The Morgan fingerprint density at radius 2 is 1.80 bits per heavy atom. The Morgan fingerprint density at radius 3 is 2.63 bits per heavy atom. The average Bonchev–Trinajstić information content (AvgIpc) is 3.17. The Hall–Kier alpha value is -3.14. The predicted octanol–water partition coefficient (Wildman–Crippen LogP) is 4.33. The van der Waals surface area contributed by atoms with Gasteiger partial charge in [0, 0.05) is 31.6 Å². The van der Waals surface area contributed by atoms with Gasteiger partial charge in [0.25, 0.3) is 5.91 Å². The Balaban J connectivity index is 1.45. The number of hydrogen-bond acceptors (Lipinski definition) is 2. The maximum absolute atomic E-state index is 13.2. The number of rotatable bonds is 2. The Labute approximate surface area is 176 Å². The molecule has 0 aromatic heterocycles. The topological polar surface area (TPSA) is 49.4 Å². The van der Waals surface area contributed by atoms with Crippen LogP contribution in [0.3, 0.4) is 0 Å². The summed E-state index contributed by atoms with van der Waals surface area (Å²) >= 11 is 0. The first kappa shape index (κ1) is 18.9. The number of hydrogen-bond donors (Lipinski definition) is 1. The molecule has 2 amide bonds. The number of piperidine rings is 1. The third-order valence-corrected chi connectivity index (χ3v) is 6.82. The van der Waals surface area contributed by atoms with Crippen LogP contribution in [0.15, 0.2) is 54.6 Å². The van der Waals surface area contributed by atoms with Gasteiger partial charge in [-0.05, 0) is 70.8 Å². The molecule has 2 atom stereocenters. The lowest BCUT2D eigenvalue weighted by Gasteiger charge is -2.23. The molecule has 4 nitrogen and oxygen atoms in total. The summed E-state index contributed by atoms with van der Waals surface area (Å²) in [6.45, 7) is 6.35. The van der Waals surface area contributed by atoms with Gasteiger partial charge in [0.15, 0.2) is 0 Å². The zero-order valence-corrected chi connectivity index (χ0v) is 17.4. The molecule has 30 heavy (non-hydrogen) atoms. The molecule has 0 spiro atoms. The van der Waals surface area contributed by atoms with Gasteiger partial charge >= 0.3 is 0 Å². The molecule has 1 N–H and O–H groups in total. The van der Waals surface area contributed by atoms with E-state index in [2.05, 4.69) is 61.6 Å². The van der Waals surface area contributed by atoms with Crippen LogP contribution >= 0.6 is 0 Å². The number of fused-ring (bicyclic) bond motifs is 2. The summed E-state index contributed by atoms with van der Waals surface area (Å²) in [5, 5.41) is 5.16. The van der Waals surface area contributed by atoms with Crippen LogP contribution in [0.4, 0.5) is 0 Å². The van der Waals surface area contributed by atoms with Gasteiger partial charge in [0.2, 0.25) is 5.91 Å². The Kier molecular flexibility index (Phi) is 4.58. The highest BCUT2D eigenvalue weighted by Gasteiger charge is 2.39. The van der Waals surface area contributed by atoms with Gasteiger partial charge in [0.1, 0.15) is 0 Å². The van der Waals surface area contributed by atoms with E-state index in [4.69, 9.17) is 0 Å². The van der Waals surface area contributed by atoms with E-state index in [0.717, 1.165) is 22.9 Å². The second-order valence-corrected chi connectivity index (χ2v) is 8.78. The van der Waals surface area contributed by atoms with Crippen molar-refractivity contribution in [2.45, 2.75) is 20.3 Å². The molecule has 3 aromatic rings. The molecule has 2 saturated heterocycles. The van der Waals surface area contributed by atoms with Crippen LogP contribution < -0.4 is 5.32 Å². The minimum Gasteiger partial charge on any atom is -0.356 e. The number of amides is 2. The lowest BCUT2D eigenvalue weighted by atomic mass is 9.89. The van der Waals surface area contributed by atoms with Crippen LogP contribution in [0.1, 0.15) is 27.9 Å². The molecule has 2 aliphatic heterocycles. The highest BCUT2D eigenvalue weighted by Crippen LogP contribution is 2.32. The highest BCUT2D eigenvalue weighted by atomic mass is 16.2. The molecule has 2 aliphatic rings. The second-order valence-electron chi connectivity index (χ2n) is 8.78. The minimum atomic E-state index is 0.0651. The van der Waals surface area contributed by atoms with Gasteiger partial charge < -0.3 is 10.2 Å². The third kappa shape index (κ3) is 3.26. The standard InChI is InChI=1S/C26H26N2O2/c1-16-6-7-19(10-17(16)2)23-5-3-4-18-11-20(8-9-24(18)23)26(30)28-14-21-12-25(29)27-13-22(21)15-28/h3-11,21-22H,12-15H2,1-2H3,(H,27,29)/t21-,22+/m1/s1. The monoisotopic (exact) mass is 398 g/mol. The molecule has 2 fully saturated rings. The summed E-state index contributed by atoms with van der Waals surface area (Å²) in [5.74, 6) is 0.841. The van der Waals surface area contributed by atoms with Crippen LogP contribution in [-0.2, 0) is 4.79 Å². The smallest absolute Gasteiger partial charge is 0.253 e. The molecule has 4 heteroatoms. The van der Waals surface area contributed by atoms with E-state index in [1.807, 2.05) is 17.0 Å². The van der Waals surface area contributed by atoms with E-state index in [9.17, 15) is 9.59 Å². The van der Waals surface area contributed by atoms with E-state index in [0.29, 0.717) is 31.3 Å². The van der Waals surface area contributed by atoms with Crippen LogP contribution in [0.2, 0.25) is 0 Å². The molecule has 3 aromatic carbocycles. The number of nitrogens with zero attached hydrogens (tertiary/aromatic N) is 1. The van der Waals surface area contributed by atoms with Gasteiger partial charge in [-0.1, -0.05) is 42.5 Å². The van der Waals surface area contributed by atoms with Crippen molar-refractivity contribution in [3.63, 3.8) is 0 Å². The minimum absolute atomic E-state index is 0.0651. The average molecular weight is 399 g/mol. The van der Waals surface area contributed by atoms with E-state index in [1.165, 1.54) is 22.3 Å². The molecular weight excluding hydrogens is 372 g/mol. The largest absolute Gasteiger partial charge is 0.356 e. The summed E-state index contributed by atoms with van der Waals surface area (Å²) in [6, 6.07) is 18.8. The number of carbonyl (C=O) groups excluding carboxylic acids is 2. The predicted molar refractivity (Wildman–Crippen MR) is 119 cm³/mol. The lowest BCUT2D eigenvalue weighted by molar-refractivity contribution is -0.124.